The summed E-state index contributed by atoms with van der Waals surface area (Å²) in [5, 5.41) is 9.02. The number of rotatable bonds is 3. The quantitative estimate of drug-likeness (QED) is 0.558. The van der Waals surface area contributed by atoms with E-state index in [0.717, 1.165) is 12.7 Å². The average molecular weight is 128 g/mol. The first kappa shape index (κ1) is 9.02. The van der Waals surface area contributed by atoms with E-state index in [9.17, 15) is 0 Å². The molecule has 1 atom stereocenters. The molecule has 54 valence electrons. The lowest BCUT2D eigenvalue weighted by Crippen LogP contribution is -2.17. The highest BCUT2D eigenvalue weighted by Gasteiger charge is 2.16. The molecule has 0 radical (unpaired) electrons. The summed E-state index contributed by atoms with van der Waals surface area (Å²) in [7, 11) is 2.16. The Morgan fingerprint density at radius 3 is 2.11 bits per heavy atom. The Morgan fingerprint density at radius 1 is 1.56 bits per heavy atom. The molecule has 0 fully saturated rings. The Labute approximate surface area is 58.9 Å². The third-order valence-corrected chi connectivity index (χ3v) is 1.81. The van der Waals surface area contributed by atoms with Crippen molar-refractivity contribution in [2.24, 2.45) is 5.41 Å². The smallest absolute Gasteiger partial charge is 0.102 e. The predicted molar refractivity (Wildman–Crippen MR) is 43.4 cm³/mol. The van der Waals surface area contributed by atoms with Crippen molar-refractivity contribution in [1.82, 2.24) is 0 Å². The second kappa shape index (κ2) is 3.26. The molecule has 0 bridgehead atoms. The van der Waals surface area contributed by atoms with Gasteiger partial charge in [-0.1, -0.05) is 20.2 Å². The van der Waals surface area contributed by atoms with Crippen molar-refractivity contribution in [2.75, 3.05) is 0 Å². The highest BCUT2D eigenvalue weighted by molar-refractivity contribution is 6.08. The second-order valence-electron chi connectivity index (χ2n) is 3.57. The molecule has 2 heteroatoms. The van der Waals surface area contributed by atoms with Crippen LogP contribution in [0.1, 0.15) is 27.2 Å². The second-order valence-corrected chi connectivity index (χ2v) is 3.57. The Kier molecular flexibility index (Phi) is 3.27. The van der Waals surface area contributed by atoms with Crippen LogP contribution in [-0.2, 0) is 0 Å². The SMILES string of the molecule is BCC(C)(C)CC(C)O. The van der Waals surface area contributed by atoms with Crippen molar-refractivity contribution in [3.8, 4) is 0 Å². The molecule has 1 unspecified atom stereocenters. The van der Waals surface area contributed by atoms with Crippen LogP contribution in [0.15, 0.2) is 0 Å². The minimum absolute atomic E-state index is 0.153. The van der Waals surface area contributed by atoms with E-state index < -0.39 is 0 Å². The maximum atomic E-state index is 9.02. The zero-order chi connectivity index (χ0) is 7.49. The van der Waals surface area contributed by atoms with Gasteiger partial charge in [0.25, 0.3) is 0 Å². The molecule has 0 aliphatic rings. The Morgan fingerprint density at radius 2 is 2.00 bits per heavy atom. The number of aliphatic hydroxyl groups is 1. The maximum absolute atomic E-state index is 9.02. The monoisotopic (exact) mass is 128 g/mol. The highest BCUT2D eigenvalue weighted by atomic mass is 16.3. The lowest BCUT2D eigenvalue weighted by molar-refractivity contribution is 0.138. The molecule has 0 aromatic carbocycles. The molecule has 0 aliphatic heterocycles. The molecular formula is C7H17BO. The summed E-state index contributed by atoms with van der Waals surface area (Å²) < 4.78 is 0. The van der Waals surface area contributed by atoms with Gasteiger partial charge in [0.05, 0.1) is 6.10 Å². The standard InChI is InChI=1S/C7H17BO/c1-6(9)4-7(2,3)5-8/h6,9H,4-5,8H2,1-3H3. The average Bonchev–Trinajstić information content (AvgIpc) is 1.63. The lowest BCUT2D eigenvalue weighted by atomic mass is 9.76. The van der Waals surface area contributed by atoms with E-state index in [4.69, 9.17) is 5.11 Å². The van der Waals surface area contributed by atoms with Crippen LogP contribution >= 0.6 is 0 Å². The van der Waals surface area contributed by atoms with Gasteiger partial charge in [0.15, 0.2) is 0 Å². The first-order valence-corrected chi connectivity index (χ1v) is 3.66. The molecule has 0 saturated heterocycles. The first-order chi connectivity index (χ1) is 3.98. The van der Waals surface area contributed by atoms with Crippen molar-refractivity contribution in [2.45, 2.75) is 39.6 Å². The number of aliphatic hydroxyl groups excluding tert-OH is 1. The van der Waals surface area contributed by atoms with Gasteiger partial charge in [-0.15, -0.1) is 0 Å². The normalized spacial score (nSPS) is 15.6. The summed E-state index contributed by atoms with van der Waals surface area (Å²) in [5.41, 5.74) is 0.314. The zero-order valence-electron chi connectivity index (χ0n) is 6.94. The fourth-order valence-corrected chi connectivity index (χ4v) is 0.944. The van der Waals surface area contributed by atoms with Crippen molar-refractivity contribution >= 4 is 7.85 Å². The minimum Gasteiger partial charge on any atom is -0.393 e. The van der Waals surface area contributed by atoms with E-state index in [1.807, 2.05) is 6.92 Å². The summed E-state index contributed by atoms with van der Waals surface area (Å²) in [6, 6.07) is 0. The zero-order valence-corrected chi connectivity index (χ0v) is 6.94. The summed E-state index contributed by atoms with van der Waals surface area (Å²) in [6.07, 6.45) is 1.89. The molecule has 0 amide bonds. The molecule has 9 heavy (non-hydrogen) atoms. The van der Waals surface area contributed by atoms with E-state index in [0.29, 0.717) is 5.41 Å². The van der Waals surface area contributed by atoms with Gasteiger partial charge in [-0.25, -0.2) is 0 Å². The summed E-state index contributed by atoms with van der Waals surface area (Å²) >= 11 is 0. The van der Waals surface area contributed by atoms with E-state index in [1.54, 1.807) is 0 Å². The van der Waals surface area contributed by atoms with Crippen LogP contribution in [0.2, 0.25) is 6.32 Å². The van der Waals surface area contributed by atoms with Crippen LogP contribution in [0.5, 0.6) is 0 Å². The third-order valence-electron chi connectivity index (χ3n) is 1.81. The van der Waals surface area contributed by atoms with Crippen molar-refractivity contribution in [3.63, 3.8) is 0 Å². The van der Waals surface area contributed by atoms with Crippen LogP contribution in [0.4, 0.5) is 0 Å². The van der Waals surface area contributed by atoms with Crippen LogP contribution in [0.3, 0.4) is 0 Å². The molecule has 0 saturated carbocycles. The molecular weight excluding hydrogens is 111 g/mol. The summed E-state index contributed by atoms with van der Waals surface area (Å²) in [6.45, 7) is 6.21. The highest BCUT2D eigenvalue weighted by Crippen LogP contribution is 2.25. The molecule has 1 N–H and O–H groups in total. The molecule has 0 aliphatic carbocycles. The van der Waals surface area contributed by atoms with E-state index in [2.05, 4.69) is 21.7 Å². The lowest BCUT2D eigenvalue weighted by Gasteiger charge is -2.23. The van der Waals surface area contributed by atoms with Gasteiger partial charge in [-0.2, -0.15) is 0 Å². The van der Waals surface area contributed by atoms with Crippen molar-refractivity contribution in [1.29, 1.82) is 0 Å². The van der Waals surface area contributed by atoms with Gasteiger partial charge in [0, 0.05) is 0 Å². The van der Waals surface area contributed by atoms with E-state index in [1.165, 1.54) is 0 Å². The number of hydrogen-bond acceptors (Lipinski definition) is 1. The van der Waals surface area contributed by atoms with Crippen LogP contribution in [0, 0.1) is 5.41 Å². The van der Waals surface area contributed by atoms with Gasteiger partial charge in [0.2, 0.25) is 0 Å². The minimum atomic E-state index is -0.153. The van der Waals surface area contributed by atoms with Crippen LogP contribution in [-0.4, -0.2) is 19.1 Å². The molecule has 1 nitrogen and oxygen atoms in total. The van der Waals surface area contributed by atoms with E-state index in [-0.39, 0.29) is 6.10 Å². The fourth-order valence-electron chi connectivity index (χ4n) is 0.944. The van der Waals surface area contributed by atoms with Crippen LogP contribution in [0.25, 0.3) is 0 Å². The third kappa shape index (κ3) is 4.52. The van der Waals surface area contributed by atoms with Gasteiger partial charge >= 0.3 is 0 Å². The molecule has 0 spiro atoms. The Balaban J connectivity index is 3.58. The van der Waals surface area contributed by atoms with Gasteiger partial charge in [-0.3, -0.25) is 0 Å². The van der Waals surface area contributed by atoms with Gasteiger partial charge in [0.1, 0.15) is 7.85 Å². The summed E-state index contributed by atoms with van der Waals surface area (Å²) in [4.78, 5) is 0. The topological polar surface area (TPSA) is 20.2 Å². The Hall–Kier alpha value is 0.0249. The predicted octanol–water partition coefficient (Wildman–Crippen LogP) is 0.835. The van der Waals surface area contributed by atoms with E-state index >= 15 is 0 Å². The van der Waals surface area contributed by atoms with Crippen LogP contribution < -0.4 is 0 Å². The largest absolute Gasteiger partial charge is 0.393 e. The number of hydrogen-bond donors (Lipinski definition) is 1. The maximum Gasteiger partial charge on any atom is 0.102 e. The molecule has 0 heterocycles. The van der Waals surface area contributed by atoms with Crippen molar-refractivity contribution in [3.05, 3.63) is 0 Å². The molecule has 0 rings (SSSR count). The summed E-state index contributed by atoms with van der Waals surface area (Å²) in [5.74, 6) is 0. The van der Waals surface area contributed by atoms with Gasteiger partial charge < -0.3 is 5.11 Å². The van der Waals surface area contributed by atoms with Crippen molar-refractivity contribution < 1.29 is 5.11 Å². The molecule has 0 aromatic rings. The Bertz CT molecular complexity index is 79.0. The molecule has 0 aromatic heterocycles. The first-order valence-electron chi connectivity index (χ1n) is 3.66. The van der Waals surface area contributed by atoms with Gasteiger partial charge in [-0.05, 0) is 18.8 Å². The fraction of sp³-hybridized carbons (Fsp3) is 1.00.